The monoisotopic (exact) mass is 669 g/mol. The van der Waals surface area contributed by atoms with Gasteiger partial charge in [-0.25, -0.2) is 9.97 Å². The zero-order chi connectivity index (χ0) is 28.2. The van der Waals surface area contributed by atoms with Gasteiger partial charge in [-0.05, 0) is 69.8 Å². The zero-order valence-electron chi connectivity index (χ0n) is 21.5. The van der Waals surface area contributed by atoms with E-state index >= 15 is 0 Å². The Hall–Kier alpha value is -3.64. The lowest BCUT2D eigenvalue weighted by atomic mass is 9.88. The molecule has 1 saturated carbocycles. The smallest absolute Gasteiger partial charge is 0.287 e. The molecule has 0 unspecified atom stereocenters. The molecule has 206 valence electrons. The SMILES string of the molecule is CCOc1cc(C=Nn2c(C3CCCCC3)nc3ccccc3c2=O)c(Br)c(Br)c1Oc1ccc([N+](=O)[O-])cn1. The maximum atomic E-state index is 13.6. The highest BCUT2D eigenvalue weighted by Gasteiger charge is 2.23. The van der Waals surface area contributed by atoms with Gasteiger partial charge in [-0.15, -0.1) is 0 Å². The highest BCUT2D eigenvalue weighted by atomic mass is 79.9. The Morgan fingerprint density at radius 1 is 1.15 bits per heavy atom. The van der Waals surface area contributed by atoms with E-state index in [1.807, 2.05) is 25.1 Å². The molecular formula is C28H25Br2N5O5. The van der Waals surface area contributed by atoms with Crippen LogP contribution in [0.5, 0.6) is 17.4 Å². The number of ether oxygens (including phenoxy) is 2. The van der Waals surface area contributed by atoms with E-state index in [0.29, 0.717) is 49.3 Å². The lowest BCUT2D eigenvalue weighted by Crippen LogP contribution is -2.25. The van der Waals surface area contributed by atoms with Crippen LogP contribution < -0.4 is 15.0 Å². The van der Waals surface area contributed by atoms with Crippen LogP contribution in [0.2, 0.25) is 0 Å². The highest BCUT2D eigenvalue weighted by Crippen LogP contribution is 2.44. The Labute approximate surface area is 246 Å². The summed E-state index contributed by atoms with van der Waals surface area (Å²) in [6.45, 7) is 2.20. The van der Waals surface area contributed by atoms with E-state index in [1.54, 1.807) is 18.3 Å². The third-order valence-corrected chi connectivity index (χ3v) is 8.80. The lowest BCUT2D eigenvalue weighted by molar-refractivity contribution is -0.385. The van der Waals surface area contributed by atoms with Gasteiger partial charge in [0.05, 0.1) is 33.1 Å². The largest absolute Gasteiger partial charge is 0.490 e. The number of halogens is 2. The Bertz CT molecular complexity index is 1650. The van der Waals surface area contributed by atoms with Crippen molar-refractivity contribution in [3.05, 3.63) is 89.5 Å². The average molecular weight is 671 g/mol. The van der Waals surface area contributed by atoms with E-state index in [4.69, 9.17) is 14.5 Å². The number of rotatable bonds is 8. The van der Waals surface area contributed by atoms with Gasteiger partial charge in [0, 0.05) is 28.1 Å². The number of nitro groups is 1. The molecule has 4 aromatic rings. The van der Waals surface area contributed by atoms with Crippen LogP contribution in [0.25, 0.3) is 10.9 Å². The van der Waals surface area contributed by atoms with Gasteiger partial charge >= 0.3 is 0 Å². The first-order chi connectivity index (χ1) is 19.4. The summed E-state index contributed by atoms with van der Waals surface area (Å²) in [6, 6.07) is 11.8. The first-order valence-corrected chi connectivity index (χ1v) is 14.4. The van der Waals surface area contributed by atoms with Crippen molar-refractivity contribution in [3.8, 4) is 17.4 Å². The molecule has 1 fully saturated rings. The predicted octanol–water partition coefficient (Wildman–Crippen LogP) is 7.35. The first kappa shape index (κ1) is 27.9. The Morgan fingerprint density at radius 3 is 2.62 bits per heavy atom. The molecule has 0 atom stereocenters. The second kappa shape index (κ2) is 12.3. The molecule has 1 aliphatic rings. The van der Waals surface area contributed by atoms with Crippen molar-refractivity contribution in [2.75, 3.05) is 6.61 Å². The van der Waals surface area contributed by atoms with Crippen molar-refractivity contribution in [2.45, 2.75) is 44.9 Å². The van der Waals surface area contributed by atoms with E-state index < -0.39 is 4.92 Å². The van der Waals surface area contributed by atoms with E-state index in [1.165, 1.54) is 23.2 Å². The van der Waals surface area contributed by atoms with Crippen LogP contribution in [0.15, 0.2) is 67.5 Å². The third kappa shape index (κ3) is 5.78. The van der Waals surface area contributed by atoms with Gasteiger partial charge in [0.15, 0.2) is 11.5 Å². The maximum absolute atomic E-state index is 13.6. The van der Waals surface area contributed by atoms with Gasteiger partial charge in [0.1, 0.15) is 12.0 Å². The van der Waals surface area contributed by atoms with E-state index in [9.17, 15) is 14.9 Å². The summed E-state index contributed by atoms with van der Waals surface area (Å²) < 4.78 is 14.3. The number of aromatic nitrogens is 3. The Balaban J connectivity index is 1.55. The van der Waals surface area contributed by atoms with Crippen molar-refractivity contribution >= 4 is 54.7 Å². The van der Waals surface area contributed by atoms with Crippen molar-refractivity contribution in [2.24, 2.45) is 5.10 Å². The standard InChI is InChI=1S/C28H25Br2N5O5/c1-2-39-22-14-18(24(29)25(30)26(22)40-23-13-12-19(16-31-23)35(37)38)15-32-34-27(17-8-4-3-5-9-17)33-21-11-7-6-10-20(21)28(34)36/h6-7,10-17H,2-5,8-9H2,1H3. The summed E-state index contributed by atoms with van der Waals surface area (Å²) >= 11 is 7.17. The summed E-state index contributed by atoms with van der Waals surface area (Å²) in [5.41, 5.74) is 0.944. The van der Waals surface area contributed by atoms with Gasteiger partial charge < -0.3 is 9.47 Å². The molecule has 0 radical (unpaired) electrons. The molecule has 0 spiro atoms. The van der Waals surface area contributed by atoms with E-state index in [2.05, 4.69) is 41.9 Å². The summed E-state index contributed by atoms with van der Waals surface area (Å²) in [6.07, 6.45) is 8.02. The van der Waals surface area contributed by atoms with Crippen molar-refractivity contribution in [1.29, 1.82) is 0 Å². The van der Waals surface area contributed by atoms with Crippen LogP contribution in [-0.4, -0.2) is 32.4 Å². The van der Waals surface area contributed by atoms with Crippen LogP contribution in [0.4, 0.5) is 5.69 Å². The van der Waals surface area contributed by atoms with Crippen LogP contribution in [0.1, 0.15) is 56.3 Å². The van der Waals surface area contributed by atoms with Crippen LogP contribution in [0.3, 0.4) is 0 Å². The number of hydrogen-bond acceptors (Lipinski definition) is 8. The van der Waals surface area contributed by atoms with Crippen molar-refractivity contribution in [1.82, 2.24) is 14.6 Å². The molecule has 10 nitrogen and oxygen atoms in total. The molecular weight excluding hydrogens is 646 g/mol. The maximum Gasteiger partial charge on any atom is 0.287 e. The average Bonchev–Trinajstić information content (AvgIpc) is 2.97. The van der Waals surface area contributed by atoms with Gasteiger partial charge in [0.2, 0.25) is 5.88 Å². The van der Waals surface area contributed by atoms with Gasteiger partial charge in [-0.3, -0.25) is 14.9 Å². The number of benzene rings is 2. The summed E-state index contributed by atoms with van der Waals surface area (Å²) in [4.78, 5) is 32.9. The number of pyridine rings is 1. The van der Waals surface area contributed by atoms with Crippen LogP contribution in [-0.2, 0) is 0 Å². The fourth-order valence-electron chi connectivity index (χ4n) is 4.70. The van der Waals surface area contributed by atoms with Gasteiger partial charge in [0.25, 0.3) is 11.2 Å². The van der Waals surface area contributed by atoms with Gasteiger partial charge in [-0.2, -0.15) is 9.78 Å². The van der Waals surface area contributed by atoms with E-state index in [0.717, 1.165) is 31.9 Å². The molecule has 2 aromatic carbocycles. The lowest BCUT2D eigenvalue weighted by Gasteiger charge is -2.22. The van der Waals surface area contributed by atoms with E-state index in [-0.39, 0.29) is 23.0 Å². The molecule has 12 heteroatoms. The third-order valence-electron chi connectivity index (χ3n) is 6.66. The molecule has 40 heavy (non-hydrogen) atoms. The molecule has 0 aliphatic heterocycles. The summed E-state index contributed by atoms with van der Waals surface area (Å²) in [7, 11) is 0. The number of para-hydroxylation sites is 1. The normalized spacial score (nSPS) is 14.1. The number of fused-ring (bicyclic) bond motifs is 1. The Morgan fingerprint density at radius 2 is 1.93 bits per heavy atom. The molecule has 1 aliphatic carbocycles. The fourth-order valence-corrected chi connectivity index (χ4v) is 5.60. The van der Waals surface area contributed by atoms with Crippen molar-refractivity contribution < 1.29 is 14.4 Å². The molecule has 2 aromatic heterocycles. The number of hydrogen-bond donors (Lipinski definition) is 0. The fraction of sp³-hybridized carbons (Fsp3) is 0.286. The number of nitrogens with zero attached hydrogens (tertiary/aromatic N) is 5. The molecule has 5 rings (SSSR count). The minimum Gasteiger partial charge on any atom is -0.490 e. The predicted molar refractivity (Wildman–Crippen MR) is 159 cm³/mol. The minimum atomic E-state index is -0.529. The molecule has 0 amide bonds. The molecule has 0 saturated heterocycles. The molecule has 0 bridgehead atoms. The Kier molecular flexibility index (Phi) is 8.55. The summed E-state index contributed by atoms with van der Waals surface area (Å²) in [5.74, 6) is 1.72. The second-order valence-electron chi connectivity index (χ2n) is 9.25. The zero-order valence-corrected chi connectivity index (χ0v) is 24.7. The summed E-state index contributed by atoms with van der Waals surface area (Å²) in [5, 5.41) is 16.1. The minimum absolute atomic E-state index is 0.143. The van der Waals surface area contributed by atoms with Crippen molar-refractivity contribution in [3.63, 3.8) is 0 Å². The van der Waals surface area contributed by atoms with Crippen LogP contribution >= 0.6 is 31.9 Å². The molecule has 0 N–H and O–H groups in total. The van der Waals surface area contributed by atoms with Gasteiger partial charge in [-0.1, -0.05) is 31.4 Å². The topological polar surface area (TPSA) is 122 Å². The quantitative estimate of drug-likeness (QED) is 0.109. The first-order valence-electron chi connectivity index (χ1n) is 12.9. The van der Waals surface area contributed by atoms with Crippen LogP contribution in [0, 0.1) is 10.1 Å². The molecule has 2 heterocycles. The second-order valence-corrected chi connectivity index (χ2v) is 10.8. The highest BCUT2D eigenvalue weighted by molar-refractivity contribution is 9.13.